The fourth-order valence-corrected chi connectivity index (χ4v) is 2.78. The molecule has 3 aromatic rings. The second kappa shape index (κ2) is 9.05. The van der Waals surface area contributed by atoms with Gasteiger partial charge in [0, 0.05) is 13.5 Å². The van der Waals surface area contributed by atoms with Gasteiger partial charge >= 0.3 is 5.97 Å². The number of rotatable bonds is 9. The Morgan fingerprint density at radius 3 is 2.19 bits per heavy atom. The van der Waals surface area contributed by atoms with Gasteiger partial charge in [-0.3, -0.25) is 0 Å². The highest BCUT2D eigenvalue weighted by molar-refractivity contribution is 5.83. The third-order valence-corrected chi connectivity index (χ3v) is 4.25. The fraction of sp³-hybridized carbons (Fsp3) is 0.227. The predicted octanol–water partition coefficient (Wildman–Crippen LogP) is 3.94. The number of carbonyl (C=O) groups is 1. The second-order valence-corrected chi connectivity index (χ2v) is 6.12. The monoisotopic (exact) mass is 366 g/mol. The van der Waals surface area contributed by atoms with E-state index in [-0.39, 0.29) is 0 Å². The van der Waals surface area contributed by atoms with E-state index in [1.54, 1.807) is 0 Å². The van der Waals surface area contributed by atoms with Gasteiger partial charge in [-0.05, 0) is 40.6 Å². The number of ether oxygens (including phenoxy) is 3. The van der Waals surface area contributed by atoms with Gasteiger partial charge in [0.2, 0.25) is 0 Å². The summed E-state index contributed by atoms with van der Waals surface area (Å²) < 4.78 is 16.4. The van der Waals surface area contributed by atoms with Gasteiger partial charge in [-0.25, -0.2) is 4.79 Å². The van der Waals surface area contributed by atoms with Crippen LogP contribution >= 0.6 is 0 Å². The minimum atomic E-state index is -0.969. The number of fused-ring (bicyclic) bond motifs is 1. The summed E-state index contributed by atoms with van der Waals surface area (Å²) in [6.45, 7) is 0.854. The predicted molar refractivity (Wildman–Crippen MR) is 104 cm³/mol. The van der Waals surface area contributed by atoms with Crippen LogP contribution in [0.5, 0.6) is 11.5 Å². The van der Waals surface area contributed by atoms with Gasteiger partial charge in [-0.1, -0.05) is 42.5 Å². The first kappa shape index (κ1) is 18.7. The minimum absolute atomic E-state index is 0.317. The van der Waals surface area contributed by atoms with Crippen molar-refractivity contribution in [1.29, 1.82) is 0 Å². The van der Waals surface area contributed by atoms with Crippen LogP contribution in [0.3, 0.4) is 0 Å². The number of benzene rings is 3. The molecule has 0 saturated heterocycles. The Bertz CT molecular complexity index is 889. The molecule has 3 aromatic carbocycles. The first-order chi connectivity index (χ1) is 13.2. The van der Waals surface area contributed by atoms with Crippen molar-refractivity contribution in [3.8, 4) is 11.5 Å². The fourth-order valence-electron chi connectivity index (χ4n) is 2.78. The van der Waals surface area contributed by atoms with E-state index in [0.29, 0.717) is 25.4 Å². The van der Waals surface area contributed by atoms with E-state index < -0.39 is 12.1 Å². The zero-order valence-electron chi connectivity index (χ0n) is 15.1. The Morgan fingerprint density at radius 1 is 0.889 bits per heavy atom. The van der Waals surface area contributed by atoms with Crippen LogP contribution in [0.25, 0.3) is 10.8 Å². The molecule has 3 rings (SSSR count). The molecule has 0 amide bonds. The number of methoxy groups -OCH3 is 1. The summed E-state index contributed by atoms with van der Waals surface area (Å²) in [5.74, 6) is 0.556. The number of aliphatic carboxylic acids is 1. The third kappa shape index (κ3) is 5.21. The van der Waals surface area contributed by atoms with Crippen LogP contribution in [-0.4, -0.2) is 37.5 Å². The van der Waals surface area contributed by atoms with E-state index in [2.05, 4.69) is 12.1 Å². The Hall–Kier alpha value is -3.05. The standard InChI is InChI=1S/C22H22O5/c1-25-21(22(23)24)14-16-6-9-19(10-7-16)26-12-13-27-20-11-8-17-4-2-3-5-18(17)15-20/h2-11,15,21H,12-14H2,1H3,(H,23,24)/t21-/m0/s1. The van der Waals surface area contributed by atoms with Crippen LogP contribution in [0.1, 0.15) is 5.56 Å². The van der Waals surface area contributed by atoms with E-state index in [1.165, 1.54) is 12.5 Å². The van der Waals surface area contributed by atoms with Gasteiger partial charge in [0.1, 0.15) is 24.7 Å². The largest absolute Gasteiger partial charge is 0.490 e. The molecule has 27 heavy (non-hydrogen) atoms. The maximum absolute atomic E-state index is 11.0. The number of hydrogen-bond acceptors (Lipinski definition) is 4. The molecule has 0 aliphatic heterocycles. The van der Waals surface area contributed by atoms with E-state index >= 15 is 0 Å². The smallest absolute Gasteiger partial charge is 0.333 e. The summed E-state index contributed by atoms with van der Waals surface area (Å²) in [6.07, 6.45) is -0.524. The van der Waals surface area contributed by atoms with Crippen molar-refractivity contribution < 1.29 is 24.1 Å². The Labute approximate surface area is 158 Å². The lowest BCUT2D eigenvalue weighted by molar-refractivity contribution is -0.148. The lowest BCUT2D eigenvalue weighted by Crippen LogP contribution is -2.24. The summed E-state index contributed by atoms with van der Waals surface area (Å²) in [7, 11) is 1.39. The van der Waals surface area contributed by atoms with Crippen molar-refractivity contribution in [2.45, 2.75) is 12.5 Å². The van der Waals surface area contributed by atoms with Crippen LogP contribution in [0.15, 0.2) is 66.7 Å². The average molecular weight is 366 g/mol. The summed E-state index contributed by atoms with van der Waals surface area (Å²) in [5, 5.41) is 11.3. The molecule has 0 aliphatic carbocycles. The molecule has 0 heterocycles. The van der Waals surface area contributed by atoms with Crippen molar-refractivity contribution in [2.24, 2.45) is 0 Å². The van der Waals surface area contributed by atoms with Crippen LogP contribution in [0.2, 0.25) is 0 Å². The topological polar surface area (TPSA) is 65.0 Å². The van der Waals surface area contributed by atoms with Gasteiger partial charge < -0.3 is 19.3 Å². The summed E-state index contributed by atoms with van der Waals surface area (Å²) >= 11 is 0. The van der Waals surface area contributed by atoms with Gasteiger partial charge in [-0.15, -0.1) is 0 Å². The van der Waals surface area contributed by atoms with Crippen molar-refractivity contribution >= 4 is 16.7 Å². The first-order valence-corrected chi connectivity index (χ1v) is 8.74. The third-order valence-electron chi connectivity index (χ3n) is 4.25. The molecule has 0 aromatic heterocycles. The van der Waals surface area contributed by atoms with Crippen molar-refractivity contribution in [3.05, 3.63) is 72.3 Å². The molecule has 5 nitrogen and oxygen atoms in total. The van der Waals surface area contributed by atoms with Crippen molar-refractivity contribution in [3.63, 3.8) is 0 Å². The molecule has 0 aliphatic rings. The highest BCUT2D eigenvalue weighted by atomic mass is 16.5. The zero-order valence-corrected chi connectivity index (χ0v) is 15.1. The molecule has 0 radical (unpaired) electrons. The molecule has 5 heteroatoms. The molecule has 0 bridgehead atoms. The first-order valence-electron chi connectivity index (χ1n) is 8.74. The molecular weight excluding hydrogens is 344 g/mol. The average Bonchev–Trinajstić information content (AvgIpc) is 2.70. The van der Waals surface area contributed by atoms with Crippen molar-refractivity contribution in [1.82, 2.24) is 0 Å². The van der Waals surface area contributed by atoms with Crippen molar-refractivity contribution in [2.75, 3.05) is 20.3 Å². The van der Waals surface area contributed by atoms with Gasteiger partial charge in [-0.2, -0.15) is 0 Å². The molecule has 0 fully saturated rings. The highest BCUT2D eigenvalue weighted by Crippen LogP contribution is 2.20. The molecule has 0 unspecified atom stereocenters. The maximum atomic E-state index is 11.0. The van der Waals surface area contributed by atoms with Crippen LogP contribution < -0.4 is 9.47 Å². The molecule has 1 N–H and O–H groups in total. The molecular formula is C22H22O5. The van der Waals surface area contributed by atoms with Gasteiger partial charge in [0.25, 0.3) is 0 Å². The Kier molecular flexibility index (Phi) is 6.28. The van der Waals surface area contributed by atoms with Gasteiger partial charge in [0.15, 0.2) is 6.10 Å². The van der Waals surface area contributed by atoms with E-state index in [9.17, 15) is 4.79 Å². The summed E-state index contributed by atoms with van der Waals surface area (Å²) in [6, 6.07) is 21.5. The zero-order chi connectivity index (χ0) is 19.1. The second-order valence-electron chi connectivity index (χ2n) is 6.12. The SMILES string of the molecule is CO[C@@H](Cc1ccc(OCCOc2ccc3ccccc3c2)cc1)C(=O)O. The Balaban J connectivity index is 1.46. The van der Waals surface area contributed by atoms with E-state index in [0.717, 1.165) is 16.7 Å². The van der Waals surface area contributed by atoms with Crippen LogP contribution in [0, 0.1) is 0 Å². The summed E-state index contributed by atoms with van der Waals surface area (Å²) in [4.78, 5) is 11.0. The number of carboxylic acids is 1. The Morgan fingerprint density at radius 2 is 1.52 bits per heavy atom. The highest BCUT2D eigenvalue weighted by Gasteiger charge is 2.16. The molecule has 1 atom stereocenters. The maximum Gasteiger partial charge on any atom is 0.333 e. The lowest BCUT2D eigenvalue weighted by Gasteiger charge is -2.12. The van der Waals surface area contributed by atoms with Crippen LogP contribution in [-0.2, 0) is 16.0 Å². The molecule has 0 saturated carbocycles. The van der Waals surface area contributed by atoms with E-state index in [4.69, 9.17) is 19.3 Å². The lowest BCUT2D eigenvalue weighted by atomic mass is 10.1. The minimum Gasteiger partial charge on any atom is -0.490 e. The summed E-state index contributed by atoms with van der Waals surface area (Å²) in [5.41, 5.74) is 0.879. The van der Waals surface area contributed by atoms with Gasteiger partial charge in [0.05, 0.1) is 0 Å². The number of carboxylic acid groups (broad SMARTS) is 1. The quantitative estimate of drug-likeness (QED) is 0.581. The molecule has 140 valence electrons. The normalized spacial score (nSPS) is 11.9. The number of hydrogen-bond donors (Lipinski definition) is 1. The molecule has 0 spiro atoms. The van der Waals surface area contributed by atoms with E-state index in [1.807, 2.05) is 54.6 Å². The van der Waals surface area contributed by atoms with Crippen LogP contribution in [0.4, 0.5) is 0 Å².